The topological polar surface area (TPSA) is 54.5 Å². The zero-order chi connectivity index (χ0) is 11.0. The largest absolute Gasteiger partial charge is 0.277 e. The highest BCUT2D eigenvalue weighted by atomic mass is 15.1. The van der Waals surface area contributed by atoms with Crippen LogP contribution in [0.2, 0.25) is 0 Å². The Bertz CT molecular complexity index is 625. The minimum atomic E-state index is 0.778. The summed E-state index contributed by atoms with van der Waals surface area (Å²) in [5.41, 5.74) is 3.06. The van der Waals surface area contributed by atoms with E-state index in [-0.39, 0.29) is 0 Å². The minimum Gasteiger partial charge on any atom is -0.277 e. The predicted octanol–water partition coefficient (Wildman–Crippen LogP) is 2.13. The van der Waals surface area contributed by atoms with Gasteiger partial charge in [0.05, 0.1) is 5.52 Å². The molecule has 2 aromatic heterocycles. The van der Waals surface area contributed by atoms with E-state index >= 15 is 0 Å². The van der Waals surface area contributed by atoms with Gasteiger partial charge in [0.1, 0.15) is 12.0 Å². The maximum Gasteiger partial charge on any atom is 0.125 e. The molecule has 0 aliphatic rings. The van der Waals surface area contributed by atoms with Crippen LogP contribution in [0.4, 0.5) is 0 Å². The first-order valence-corrected chi connectivity index (χ1v) is 4.98. The highest BCUT2D eigenvalue weighted by Gasteiger charge is 2.01. The van der Waals surface area contributed by atoms with E-state index in [2.05, 4.69) is 26.4 Å². The molecular weight excluding hydrogens is 200 g/mol. The zero-order valence-electron chi connectivity index (χ0n) is 8.73. The molecule has 0 spiro atoms. The Morgan fingerprint density at radius 1 is 1.12 bits per heavy atom. The Morgan fingerprint density at radius 3 is 2.75 bits per heavy atom. The SMILES string of the molecule is Cc1ncc(-c2ccc3[nH]n[c]c3c2)cn1. The van der Waals surface area contributed by atoms with E-state index in [4.69, 9.17) is 0 Å². The van der Waals surface area contributed by atoms with Crippen molar-refractivity contribution in [2.24, 2.45) is 0 Å². The van der Waals surface area contributed by atoms with Gasteiger partial charge in [-0.3, -0.25) is 5.10 Å². The van der Waals surface area contributed by atoms with Crippen LogP contribution >= 0.6 is 0 Å². The van der Waals surface area contributed by atoms with E-state index in [0.717, 1.165) is 27.9 Å². The average molecular weight is 209 g/mol. The molecule has 0 saturated heterocycles. The number of aryl methyl sites for hydroxylation is 1. The molecule has 0 bridgehead atoms. The number of H-pyrrole nitrogens is 1. The molecule has 0 aliphatic carbocycles. The maximum atomic E-state index is 4.18. The molecular formula is C12H9N4. The third kappa shape index (κ3) is 1.44. The molecule has 0 amide bonds. The normalized spacial score (nSPS) is 10.8. The van der Waals surface area contributed by atoms with E-state index in [1.807, 2.05) is 37.5 Å². The molecule has 16 heavy (non-hydrogen) atoms. The third-order valence-electron chi connectivity index (χ3n) is 2.49. The Labute approximate surface area is 92.4 Å². The highest BCUT2D eigenvalue weighted by molar-refractivity contribution is 5.83. The fourth-order valence-electron chi connectivity index (χ4n) is 1.60. The van der Waals surface area contributed by atoms with Gasteiger partial charge in [0.25, 0.3) is 0 Å². The van der Waals surface area contributed by atoms with Gasteiger partial charge >= 0.3 is 0 Å². The van der Waals surface area contributed by atoms with Crippen molar-refractivity contribution in [2.75, 3.05) is 0 Å². The van der Waals surface area contributed by atoms with Gasteiger partial charge in [0.15, 0.2) is 0 Å². The number of aromatic nitrogens is 4. The van der Waals surface area contributed by atoms with Gasteiger partial charge in [0.2, 0.25) is 0 Å². The van der Waals surface area contributed by atoms with Crippen molar-refractivity contribution in [3.63, 3.8) is 0 Å². The molecule has 3 aromatic rings. The van der Waals surface area contributed by atoms with Crippen molar-refractivity contribution in [1.29, 1.82) is 0 Å². The summed E-state index contributed by atoms with van der Waals surface area (Å²) in [6.07, 6.45) is 6.54. The van der Waals surface area contributed by atoms with Crippen LogP contribution < -0.4 is 0 Å². The van der Waals surface area contributed by atoms with Crippen LogP contribution in [-0.4, -0.2) is 20.2 Å². The van der Waals surface area contributed by atoms with E-state index in [1.54, 1.807) is 0 Å². The van der Waals surface area contributed by atoms with Crippen LogP contribution in [0.3, 0.4) is 0 Å². The smallest absolute Gasteiger partial charge is 0.125 e. The number of rotatable bonds is 1. The number of fused-ring (bicyclic) bond motifs is 1. The molecule has 77 valence electrons. The van der Waals surface area contributed by atoms with Crippen molar-refractivity contribution in [3.8, 4) is 11.1 Å². The quantitative estimate of drug-likeness (QED) is 0.668. The van der Waals surface area contributed by atoms with Crippen molar-refractivity contribution >= 4 is 10.9 Å². The molecule has 1 N–H and O–H groups in total. The summed E-state index contributed by atoms with van der Waals surface area (Å²) < 4.78 is 0. The monoisotopic (exact) mass is 209 g/mol. The lowest BCUT2D eigenvalue weighted by Crippen LogP contribution is -1.87. The van der Waals surface area contributed by atoms with Crippen molar-refractivity contribution in [1.82, 2.24) is 20.2 Å². The molecule has 0 unspecified atom stereocenters. The summed E-state index contributed by atoms with van der Waals surface area (Å²) in [5, 5.41) is 7.71. The Balaban J connectivity index is 2.14. The fraction of sp³-hybridized carbons (Fsp3) is 0.0833. The molecule has 0 saturated carbocycles. The summed E-state index contributed by atoms with van der Waals surface area (Å²) in [7, 11) is 0. The first-order chi connectivity index (χ1) is 7.83. The highest BCUT2D eigenvalue weighted by Crippen LogP contribution is 2.21. The summed E-state index contributed by atoms with van der Waals surface area (Å²) in [6, 6.07) is 6.02. The van der Waals surface area contributed by atoms with Crippen LogP contribution in [0.25, 0.3) is 22.0 Å². The predicted molar refractivity (Wildman–Crippen MR) is 60.7 cm³/mol. The van der Waals surface area contributed by atoms with Crippen LogP contribution in [-0.2, 0) is 0 Å². The van der Waals surface area contributed by atoms with Crippen LogP contribution in [0.5, 0.6) is 0 Å². The summed E-state index contributed by atoms with van der Waals surface area (Å²) in [4.78, 5) is 8.36. The molecule has 0 atom stereocenters. The lowest BCUT2D eigenvalue weighted by atomic mass is 10.1. The number of hydrogen-bond donors (Lipinski definition) is 1. The number of nitrogens with zero attached hydrogens (tertiary/aromatic N) is 3. The Morgan fingerprint density at radius 2 is 1.94 bits per heavy atom. The van der Waals surface area contributed by atoms with Gasteiger partial charge in [-0.1, -0.05) is 6.07 Å². The van der Waals surface area contributed by atoms with Crippen molar-refractivity contribution in [3.05, 3.63) is 42.6 Å². The standard InChI is InChI=1S/C12H9N4/c1-8-13-5-11(6-14-8)9-2-3-12-10(4-9)7-15-16-12/h2-6H,1H3,(H,15,16). The van der Waals surface area contributed by atoms with Crippen molar-refractivity contribution in [2.45, 2.75) is 6.92 Å². The maximum absolute atomic E-state index is 4.18. The van der Waals surface area contributed by atoms with Gasteiger partial charge in [-0.2, -0.15) is 5.10 Å². The first-order valence-electron chi connectivity index (χ1n) is 4.98. The van der Waals surface area contributed by atoms with E-state index in [1.165, 1.54) is 0 Å². The molecule has 4 nitrogen and oxygen atoms in total. The molecule has 4 heteroatoms. The molecule has 3 rings (SSSR count). The Hall–Kier alpha value is -2.23. The van der Waals surface area contributed by atoms with Gasteiger partial charge in [-0.05, 0) is 24.6 Å². The van der Waals surface area contributed by atoms with E-state index in [0.29, 0.717) is 0 Å². The third-order valence-corrected chi connectivity index (χ3v) is 2.49. The minimum absolute atomic E-state index is 0.778. The lowest BCUT2D eigenvalue weighted by molar-refractivity contribution is 1.06. The van der Waals surface area contributed by atoms with Crippen LogP contribution in [0, 0.1) is 13.1 Å². The second-order valence-electron chi connectivity index (χ2n) is 3.61. The average Bonchev–Trinajstić information content (AvgIpc) is 2.77. The fourth-order valence-corrected chi connectivity index (χ4v) is 1.60. The molecule has 0 aliphatic heterocycles. The van der Waals surface area contributed by atoms with E-state index in [9.17, 15) is 0 Å². The van der Waals surface area contributed by atoms with Crippen LogP contribution in [0.15, 0.2) is 30.6 Å². The van der Waals surface area contributed by atoms with E-state index < -0.39 is 0 Å². The molecule has 2 heterocycles. The second-order valence-corrected chi connectivity index (χ2v) is 3.61. The second kappa shape index (κ2) is 3.41. The summed E-state index contributed by atoms with van der Waals surface area (Å²) in [5.74, 6) is 0.778. The molecule has 1 radical (unpaired) electrons. The lowest BCUT2D eigenvalue weighted by Gasteiger charge is -2.00. The van der Waals surface area contributed by atoms with Gasteiger partial charge < -0.3 is 0 Å². The van der Waals surface area contributed by atoms with Gasteiger partial charge in [-0.15, -0.1) is 0 Å². The number of benzene rings is 1. The van der Waals surface area contributed by atoms with Gasteiger partial charge in [-0.25, -0.2) is 9.97 Å². The summed E-state index contributed by atoms with van der Waals surface area (Å²) in [6.45, 7) is 1.87. The Kier molecular flexibility index (Phi) is 1.93. The van der Waals surface area contributed by atoms with Crippen molar-refractivity contribution < 1.29 is 0 Å². The zero-order valence-corrected chi connectivity index (χ0v) is 8.73. The number of nitrogens with one attached hydrogen (secondary N) is 1. The number of hydrogen-bond acceptors (Lipinski definition) is 3. The first kappa shape index (κ1) is 9.03. The number of aromatic amines is 1. The molecule has 1 aromatic carbocycles. The molecule has 0 fully saturated rings. The van der Waals surface area contributed by atoms with Gasteiger partial charge in [0, 0.05) is 23.3 Å². The van der Waals surface area contributed by atoms with Crippen LogP contribution in [0.1, 0.15) is 5.82 Å². The summed E-state index contributed by atoms with van der Waals surface area (Å²) >= 11 is 0.